The lowest BCUT2D eigenvalue weighted by Gasteiger charge is -2.25. The van der Waals surface area contributed by atoms with Crippen LogP contribution in [0.5, 0.6) is 0 Å². The summed E-state index contributed by atoms with van der Waals surface area (Å²) < 4.78 is 14.0. The van der Waals surface area contributed by atoms with Gasteiger partial charge in [-0.25, -0.2) is 4.39 Å². The zero-order chi connectivity index (χ0) is 17.0. The van der Waals surface area contributed by atoms with Crippen molar-refractivity contribution in [2.75, 3.05) is 25.5 Å². The monoisotopic (exact) mass is 318 g/mol. The highest BCUT2D eigenvalue weighted by molar-refractivity contribution is 5.93. The molecule has 1 aliphatic carbocycles. The molecule has 0 heterocycles. The lowest BCUT2D eigenvalue weighted by Crippen LogP contribution is -2.26. The zero-order valence-electron chi connectivity index (χ0n) is 13.6. The first kappa shape index (κ1) is 17.2. The second-order valence-corrected chi connectivity index (χ2v) is 5.69. The number of halogens is 1. The number of anilines is 1. The van der Waals surface area contributed by atoms with E-state index >= 15 is 0 Å². The number of fused-ring (bicyclic) bond motifs is 1. The van der Waals surface area contributed by atoms with Gasteiger partial charge in [-0.15, -0.1) is 0 Å². The molecule has 0 aromatic heterocycles. The topological polar surface area (TPSA) is 61.4 Å². The molecule has 1 aromatic rings. The third-order valence-electron chi connectivity index (χ3n) is 4.24. The standard InChI is InChI=1S/C18H23FN2O2/c1-11(10-22)18(23)21-8-7-13-5-4-6-14-12(2)15(19)9-16(20-3)17(13)14/h7,9,20,22H,1,4-6,8,10H2,2-3H3,(H,21,23)/b13-7+. The summed E-state index contributed by atoms with van der Waals surface area (Å²) in [6, 6.07) is 1.53. The van der Waals surface area contributed by atoms with Crippen LogP contribution in [0.15, 0.2) is 24.3 Å². The molecular weight excluding hydrogens is 295 g/mol. The van der Waals surface area contributed by atoms with Crippen molar-refractivity contribution >= 4 is 17.2 Å². The Bertz CT molecular complexity index is 665. The Morgan fingerprint density at radius 3 is 2.87 bits per heavy atom. The third-order valence-corrected chi connectivity index (χ3v) is 4.24. The van der Waals surface area contributed by atoms with E-state index in [4.69, 9.17) is 5.11 Å². The van der Waals surface area contributed by atoms with Gasteiger partial charge < -0.3 is 15.7 Å². The van der Waals surface area contributed by atoms with E-state index in [0.29, 0.717) is 12.1 Å². The summed E-state index contributed by atoms with van der Waals surface area (Å²) in [6.45, 7) is 5.30. The molecule has 0 bridgehead atoms. The van der Waals surface area contributed by atoms with Crippen molar-refractivity contribution in [3.8, 4) is 0 Å². The van der Waals surface area contributed by atoms with Gasteiger partial charge in [-0.3, -0.25) is 4.79 Å². The lowest BCUT2D eigenvalue weighted by atomic mass is 9.83. The van der Waals surface area contributed by atoms with Gasteiger partial charge >= 0.3 is 0 Å². The summed E-state index contributed by atoms with van der Waals surface area (Å²) >= 11 is 0. The zero-order valence-corrected chi connectivity index (χ0v) is 13.6. The molecule has 3 N–H and O–H groups in total. The van der Waals surface area contributed by atoms with Crippen LogP contribution in [0.4, 0.5) is 10.1 Å². The van der Waals surface area contributed by atoms with Crippen LogP contribution in [0, 0.1) is 12.7 Å². The van der Waals surface area contributed by atoms with Crippen molar-refractivity contribution < 1.29 is 14.3 Å². The molecule has 1 aromatic carbocycles. The largest absolute Gasteiger partial charge is 0.391 e. The van der Waals surface area contributed by atoms with Gasteiger partial charge in [0.1, 0.15) is 5.82 Å². The molecule has 0 atom stereocenters. The summed E-state index contributed by atoms with van der Waals surface area (Å²) in [5, 5.41) is 14.7. The molecule has 5 heteroatoms. The molecule has 0 radical (unpaired) electrons. The molecule has 4 nitrogen and oxygen atoms in total. The van der Waals surface area contributed by atoms with Crippen LogP contribution >= 0.6 is 0 Å². The number of benzene rings is 1. The number of carbonyl (C=O) groups is 1. The maximum absolute atomic E-state index is 14.0. The molecule has 1 aliphatic rings. The van der Waals surface area contributed by atoms with Crippen molar-refractivity contribution in [2.45, 2.75) is 26.2 Å². The maximum atomic E-state index is 14.0. The first-order valence-corrected chi connectivity index (χ1v) is 7.75. The summed E-state index contributed by atoms with van der Waals surface area (Å²) in [5.74, 6) is -0.550. The van der Waals surface area contributed by atoms with Crippen molar-refractivity contribution in [2.24, 2.45) is 0 Å². The second-order valence-electron chi connectivity index (χ2n) is 5.69. The number of aliphatic hydroxyl groups excluding tert-OH is 1. The quantitative estimate of drug-likeness (QED) is 0.731. The van der Waals surface area contributed by atoms with Gasteiger partial charge in [0.25, 0.3) is 0 Å². The van der Waals surface area contributed by atoms with Crippen molar-refractivity contribution in [3.05, 3.63) is 46.8 Å². The Kier molecular flexibility index (Phi) is 5.55. The molecule has 1 amide bonds. The van der Waals surface area contributed by atoms with E-state index in [-0.39, 0.29) is 23.9 Å². The van der Waals surface area contributed by atoms with Gasteiger partial charge in [-0.2, -0.15) is 0 Å². The second kappa shape index (κ2) is 7.42. The number of allylic oxidation sites excluding steroid dienone is 1. The average Bonchev–Trinajstić information content (AvgIpc) is 2.57. The predicted molar refractivity (Wildman–Crippen MR) is 90.8 cm³/mol. The molecule has 0 fully saturated rings. The van der Waals surface area contributed by atoms with Crippen LogP contribution in [0.2, 0.25) is 0 Å². The fraction of sp³-hybridized carbons (Fsp3) is 0.389. The summed E-state index contributed by atoms with van der Waals surface area (Å²) in [5.41, 5.74) is 4.81. The summed E-state index contributed by atoms with van der Waals surface area (Å²) in [4.78, 5) is 11.6. The Balaban J connectivity index is 2.27. The van der Waals surface area contributed by atoms with E-state index in [2.05, 4.69) is 17.2 Å². The van der Waals surface area contributed by atoms with Gasteiger partial charge in [0.15, 0.2) is 0 Å². The Hall–Kier alpha value is -2.14. The minimum Gasteiger partial charge on any atom is -0.391 e. The van der Waals surface area contributed by atoms with Crippen LogP contribution in [0.1, 0.15) is 29.5 Å². The van der Waals surface area contributed by atoms with Gasteiger partial charge in [0.05, 0.1) is 6.61 Å². The van der Waals surface area contributed by atoms with E-state index < -0.39 is 0 Å². The van der Waals surface area contributed by atoms with Gasteiger partial charge in [-0.05, 0) is 49.0 Å². The number of aliphatic hydroxyl groups is 1. The first-order chi connectivity index (χ1) is 11.0. The number of hydrogen-bond donors (Lipinski definition) is 3. The van der Waals surface area contributed by atoms with Gasteiger partial charge in [0.2, 0.25) is 5.91 Å². The van der Waals surface area contributed by atoms with Crippen LogP contribution in [-0.4, -0.2) is 31.2 Å². The highest BCUT2D eigenvalue weighted by Crippen LogP contribution is 2.38. The average molecular weight is 318 g/mol. The third kappa shape index (κ3) is 3.62. The normalized spacial score (nSPS) is 15.2. The molecule has 0 saturated carbocycles. The van der Waals surface area contributed by atoms with Crippen LogP contribution < -0.4 is 10.6 Å². The van der Waals surface area contributed by atoms with Gasteiger partial charge in [0, 0.05) is 30.4 Å². The van der Waals surface area contributed by atoms with Gasteiger partial charge in [-0.1, -0.05) is 12.7 Å². The highest BCUT2D eigenvalue weighted by Gasteiger charge is 2.21. The number of rotatable bonds is 5. The Labute approximate surface area is 136 Å². The van der Waals surface area contributed by atoms with Crippen LogP contribution in [-0.2, 0) is 11.2 Å². The summed E-state index contributed by atoms with van der Waals surface area (Å²) in [7, 11) is 1.78. The molecule has 23 heavy (non-hydrogen) atoms. The molecule has 0 aliphatic heterocycles. The van der Waals surface area contributed by atoms with Crippen LogP contribution in [0.3, 0.4) is 0 Å². The van der Waals surface area contributed by atoms with Crippen molar-refractivity contribution in [3.63, 3.8) is 0 Å². The van der Waals surface area contributed by atoms with Crippen molar-refractivity contribution in [1.29, 1.82) is 0 Å². The number of nitrogens with one attached hydrogen (secondary N) is 2. The molecule has 0 spiro atoms. The molecule has 2 rings (SSSR count). The maximum Gasteiger partial charge on any atom is 0.249 e. The van der Waals surface area contributed by atoms with Crippen molar-refractivity contribution in [1.82, 2.24) is 5.32 Å². The molecule has 0 unspecified atom stereocenters. The van der Waals surface area contributed by atoms with E-state index in [9.17, 15) is 9.18 Å². The predicted octanol–water partition coefficient (Wildman–Crippen LogP) is 2.56. The highest BCUT2D eigenvalue weighted by atomic mass is 19.1. The minimum atomic E-state index is -0.357. The van der Waals surface area contributed by atoms with Crippen LogP contribution in [0.25, 0.3) is 5.57 Å². The summed E-state index contributed by atoms with van der Waals surface area (Å²) in [6.07, 6.45) is 4.67. The number of hydrogen-bond acceptors (Lipinski definition) is 3. The number of carbonyl (C=O) groups excluding carboxylic acids is 1. The SMILES string of the molecule is C=C(CO)C(=O)NC/C=C1\CCCc2c(C)c(F)cc(NC)c21. The Morgan fingerprint density at radius 1 is 1.48 bits per heavy atom. The molecular formula is C18H23FN2O2. The lowest BCUT2D eigenvalue weighted by molar-refractivity contribution is -0.117. The van der Waals surface area contributed by atoms with E-state index in [1.165, 1.54) is 6.07 Å². The van der Waals surface area contributed by atoms with E-state index in [1.807, 2.05) is 13.0 Å². The smallest absolute Gasteiger partial charge is 0.249 e. The fourth-order valence-corrected chi connectivity index (χ4v) is 2.93. The number of amides is 1. The van der Waals surface area contributed by atoms with E-state index in [0.717, 1.165) is 41.6 Å². The fourth-order valence-electron chi connectivity index (χ4n) is 2.93. The minimum absolute atomic E-state index is 0.140. The Morgan fingerprint density at radius 2 is 2.22 bits per heavy atom. The molecule has 124 valence electrons. The van der Waals surface area contributed by atoms with E-state index in [1.54, 1.807) is 7.05 Å². The first-order valence-electron chi connectivity index (χ1n) is 7.75. The molecule has 0 saturated heterocycles.